The number of likely N-dealkylation sites (N-methyl/N-ethyl adjacent to an activating group) is 1. The molecule has 0 radical (unpaired) electrons. The Morgan fingerprint density at radius 1 is 1.37 bits per heavy atom. The van der Waals surface area contributed by atoms with Crippen molar-refractivity contribution in [2.45, 2.75) is 32.7 Å². The fraction of sp³-hybridized carbons (Fsp3) is 0.429. The van der Waals surface area contributed by atoms with Crippen LogP contribution in [0.2, 0.25) is 5.02 Å². The van der Waals surface area contributed by atoms with E-state index in [0.29, 0.717) is 11.6 Å². The zero-order chi connectivity index (χ0) is 14.4. The number of carboxylic acid groups (broad SMARTS) is 1. The monoisotopic (exact) mass is 283 g/mol. The summed E-state index contributed by atoms with van der Waals surface area (Å²) in [6.07, 6.45) is 0.138. The third-order valence-corrected chi connectivity index (χ3v) is 3.33. The number of carbonyl (C=O) groups is 2. The maximum Gasteiger partial charge on any atom is 0.305 e. The van der Waals surface area contributed by atoms with Crippen LogP contribution in [0.1, 0.15) is 25.8 Å². The molecule has 1 rings (SSSR count). The van der Waals surface area contributed by atoms with Gasteiger partial charge in [-0.3, -0.25) is 9.59 Å². The second kappa shape index (κ2) is 7.14. The lowest BCUT2D eigenvalue weighted by Gasteiger charge is -2.27. The van der Waals surface area contributed by atoms with E-state index in [1.54, 1.807) is 30.0 Å². The molecule has 104 valence electrons. The van der Waals surface area contributed by atoms with Gasteiger partial charge in [-0.2, -0.15) is 0 Å². The first-order valence-corrected chi connectivity index (χ1v) is 6.58. The van der Waals surface area contributed by atoms with Gasteiger partial charge in [-0.05, 0) is 25.5 Å². The Balaban J connectivity index is 2.74. The molecule has 1 aromatic carbocycles. The number of carboxylic acids is 1. The summed E-state index contributed by atoms with van der Waals surface area (Å²) >= 11 is 6.02. The normalized spacial score (nSPS) is 11.9. The van der Waals surface area contributed by atoms with E-state index in [2.05, 4.69) is 0 Å². The number of hydrogen-bond acceptors (Lipinski definition) is 2. The Kier molecular flexibility index (Phi) is 5.83. The molecular formula is C14H18ClNO3. The molecule has 1 amide bonds. The highest BCUT2D eigenvalue weighted by Crippen LogP contribution is 2.17. The summed E-state index contributed by atoms with van der Waals surface area (Å²) in [4.78, 5) is 24.5. The van der Waals surface area contributed by atoms with Crippen molar-refractivity contribution in [2.75, 3.05) is 6.54 Å². The van der Waals surface area contributed by atoms with Crippen molar-refractivity contribution in [2.24, 2.45) is 0 Å². The van der Waals surface area contributed by atoms with Gasteiger partial charge < -0.3 is 10.0 Å². The van der Waals surface area contributed by atoms with Crippen LogP contribution < -0.4 is 0 Å². The topological polar surface area (TPSA) is 57.6 Å². The molecule has 0 fully saturated rings. The van der Waals surface area contributed by atoms with Crippen molar-refractivity contribution in [3.8, 4) is 0 Å². The molecule has 19 heavy (non-hydrogen) atoms. The fourth-order valence-electron chi connectivity index (χ4n) is 2.00. The molecule has 0 spiro atoms. The van der Waals surface area contributed by atoms with Crippen molar-refractivity contribution >= 4 is 23.5 Å². The van der Waals surface area contributed by atoms with Crippen LogP contribution in [0.3, 0.4) is 0 Å². The maximum absolute atomic E-state index is 12.2. The van der Waals surface area contributed by atoms with Crippen LogP contribution in [-0.2, 0) is 16.0 Å². The maximum atomic E-state index is 12.2. The zero-order valence-electron chi connectivity index (χ0n) is 11.1. The van der Waals surface area contributed by atoms with Crippen LogP contribution in [0.25, 0.3) is 0 Å². The third-order valence-electron chi connectivity index (χ3n) is 2.96. The average molecular weight is 284 g/mol. The number of amides is 1. The summed E-state index contributed by atoms with van der Waals surface area (Å²) in [6.45, 7) is 4.06. The van der Waals surface area contributed by atoms with Gasteiger partial charge in [0.1, 0.15) is 0 Å². The first-order valence-electron chi connectivity index (χ1n) is 6.20. The first-order chi connectivity index (χ1) is 8.95. The number of carbonyl (C=O) groups excluding carboxylic acids is 1. The quantitative estimate of drug-likeness (QED) is 0.873. The lowest BCUT2D eigenvalue weighted by atomic mass is 10.1. The second-order valence-corrected chi connectivity index (χ2v) is 4.80. The van der Waals surface area contributed by atoms with Gasteiger partial charge in [0.15, 0.2) is 0 Å². The Morgan fingerprint density at radius 3 is 2.53 bits per heavy atom. The van der Waals surface area contributed by atoms with Crippen LogP contribution in [0.4, 0.5) is 0 Å². The second-order valence-electron chi connectivity index (χ2n) is 4.39. The Labute approximate surface area is 118 Å². The van der Waals surface area contributed by atoms with Crippen LogP contribution in [0.15, 0.2) is 24.3 Å². The van der Waals surface area contributed by atoms with Crippen LogP contribution in [0, 0.1) is 0 Å². The standard InChI is InChI=1S/C14H18ClNO3/c1-3-16(10(2)8-14(18)19)13(17)9-11-6-4-5-7-12(11)15/h4-7,10H,3,8-9H2,1-2H3,(H,18,19). The molecule has 1 atom stereocenters. The smallest absolute Gasteiger partial charge is 0.305 e. The molecule has 0 heterocycles. The molecule has 0 aromatic heterocycles. The lowest BCUT2D eigenvalue weighted by Crippen LogP contribution is -2.40. The van der Waals surface area contributed by atoms with Gasteiger partial charge in [0.25, 0.3) is 0 Å². The van der Waals surface area contributed by atoms with E-state index >= 15 is 0 Å². The molecular weight excluding hydrogens is 266 g/mol. The first kappa shape index (κ1) is 15.5. The van der Waals surface area contributed by atoms with E-state index in [4.69, 9.17) is 16.7 Å². The molecule has 1 N–H and O–H groups in total. The van der Waals surface area contributed by atoms with Gasteiger partial charge in [0.2, 0.25) is 5.91 Å². The summed E-state index contributed by atoms with van der Waals surface area (Å²) in [7, 11) is 0. The number of halogens is 1. The Bertz CT molecular complexity index is 462. The Morgan fingerprint density at radius 2 is 2.00 bits per heavy atom. The van der Waals surface area contributed by atoms with Gasteiger partial charge in [0, 0.05) is 17.6 Å². The molecule has 1 aromatic rings. The predicted molar refractivity (Wildman–Crippen MR) is 74.3 cm³/mol. The Hall–Kier alpha value is -1.55. The SMILES string of the molecule is CCN(C(=O)Cc1ccccc1Cl)C(C)CC(=O)O. The van der Waals surface area contributed by atoms with Crippen molar-refractivity contribution in [1.82, 2.24) is 4.90 Å². The number of rotatable bonds is 6. The number of benzene rings is 1. The van der Waals surface area contributed by atoms with Gasteiger partial charge in [-0.1, -0.05) is 29.8 Å². The van der Waals surface area contributed by atoms with Gasteiger partial charge in [0.05, 0.1) is 12.8 Å². The van der Waals surface area contributed by atoms with Gasteiger partial charge in [-0.15, -0.1) is 0 Å². The molecule has 4 nitrogen and oxygen atoms in total. The number of hydrogen-bond donors (Lipinski definition) is 1. The van der Waals surface area contributed by atoms with Crippen molar-refractivity contribution in [3.63, 3.8) is 0 Å². The van der Waals surface area contributed by atoms with E-state index in [9.17, 15) is 9.59 Å². The van der Waals surface area contributed by atoms with Crippen molar-refractivity contribution < 1.29 is 14.7 Å². The highest BCUT2D eigenvalue weighted by atomic mass is 35.5. The molecule has 0 aliphatic heterocycles. The van der Waals surface area contributed by atoms with Crippen LogP contribution in [-0.4, -0.2) is 34.5 Å². The zero-order valence-corrected chi connectivity index (χ0v) is 11.9. The fourth-order valence-corrected chi connectivity index (χ4v) is 2.21. The van der Waals surface area contributed by atoms with E-state index in [-0.39, 0.29) is 24.8 Å². The number of nitrogens with zero attached hydrogens (tertiary/aromatic N) is 1. The predicted octanol–water partition coefficient (Wildman–Crippen LogP) is 2.59. The van der Waals surface area contributed by atoms with Crippen LogP contribution in [0.5, 0.6) is 0 Å². The summed E-state index contributed by atoms with van der Waals surface area (Å²) in [6, 6.07) is 6.85. The van der Waals surface area contributed by atoms with Crippen molar-refractivity contribution in [1.29, 1.82) is 0 Å². The molecule has 0 saturated carbocycles. The molecule has 0 bridgehead atoms. The average Bonchev–Trinajstić information content (AvgIpc) is 2.32. The van der Waals surface area contributed by atoms with Crippen molar-refractivity contribution in [3.05, 3.63) is 34.9 Å². The largest absolute Gasteiger partial charge is 0.481 e. The molecule has 0 saturated heterocycles. The van der Waals surface area contributed by atoms with E-state index in [1.165, 1.54) is 0 Å². The lowest BCUT2D eigenvalue weighted by molar-refractivity contribution is -0.140. The minimum atomic E-state index is -0.906. The number of aliphatic carboxylic acids is 1. The minimum absolute atomic E-state index is 0.0535. The summed E-state index contributed by atoms with van der Waals surface area (Å²) in [5.74, 6) is -1.01. The van der Waals surface area contributed by atoms with Gasteiger partial charge in [-0.25, -0.2) is 0 Å². The minimum Gasteiger partial charge on any atom is -0.481 e. The molecule has 5 heteroatoms. The third kappa shape index (κ3) is 4.56. The summed E-state index contributed by atoms with van der Waals surface area (Å²) in [5.41, 5.74) is 0.759. The van der Waals surface area contributed by atoms with E-state index in [0.717, 1.165) is 5.56 Å². The highest BCUT2D eigenvalue weighted by molar-refractivity contribution is 6.31. The van der Waals surface area contributed by atoms with Gasteiger partial charge >= 0.3 is 5.97 Å². The highest BCUT2D eigenvalue weighted by Gasteiger charge is 2.21. The summed E-state index contributed by atoms with van der Waals surface area (Å²) in [5, 5.41) is 9.34. The molecule has 0 aliphatic carbocycles. The van der Waals surface area contributed by atoms with E-state index in [1.807, 2.05) is 13.0 Å². The molecule has 0 aliphatic rings. The van der Waals surface area contributed by atoms with Crippen LogP contribution >= 0.6 is 11.6 Å². The van der Waals surface area contributed by atoms with E-state index < -0.39 is 5.97 Å². The summed E-state index contributed by atoms with van der Waals surface area (Å²) < 4.78 is 0. The molecule has 1 unspecified atom stereocenters.